The minimum Gasteiger partial charge on any atom is -0.319 e. The number of benzene rings is 2. The molecule has 3 rings (SSSR count). The number of hydrogen-bond acceptors (Lipinski definition) is 8. The van der Waals surface area contributed by atoms with Gasteiger partial charge in [0.1, 0.15) is 0 Å². The van der Waals surface area contributed by atoms with Gasteiger partial charge in [-0.15, -0.1) is 0 Å². The molecule has 3 aromatic rings. The van der Waals surface area contributed by atoms with Crippen LogP contribution in [-0.4, -0.2) is 25.2 Å². The Morgan fingerprint density at radius 2 is 1.50 bits per heavy atom. The van der Waals surface area contributed by atoms with Crippen molar-refractivity contribution in [1.29, 1.82) is 0 Å². The molecule has 0 bridgehead atoms. The first kappa shape index (κ1) is 18.8. The Labute approximate surface area is 158 Å². The summed E-state index contributed by atoms with van der Waals surface area (Å²) in [6.45, 7) is 0. The Balaban J connectivity index is 2.12. The molecule has 0 aliphatic rings. The van der Waals surface area contributed by atoms with Gasteiger partial charge in [0.15, 0.2) is 4.80 Å². The number of aryl methyl sites for hydroxylation is 1. The molecule has 0 unspecified atom stereocenters. The second kappa shape index (κ2) is 6.96. The van der Waals surface area contributed by atoms with E-state index >= 15 is 0 Å². The van der Waals surface area contributed by atoms with E-state index in [1.807, 2.05) is 0 Å². The normalized spacial score (nSPS) is 11.5. The number of non-ortho nitro benzene ring substituents is 3. The maximum atomic E-state index is 12.4. The number of aromatic nitrogens is 1. The second-order valence-corrected chi connectivity index (χ2v) is 6.53. The zero-order valence-corrected chi connectivity index (χ0v) is 14.8. The van der Waals surface area contributed by atoms with Gasteiger partial charge >= 0.3 is 0 Å². The molecular formula is C15H9N5O7S. The van der Waals surface area contributed by atoms with Gasteiger partial charge in [-0.2, -0.15) is 4.99 Å². The fraction of sp³-hybridized carbons (Fsp3) is 0.0667. The van der Waals surface area contributed by atoms with Crippen LogP contribution in [0.15, 0.2) is 41.4 Å². The zero-order chi connectivity index (χ0) is 20.6. The van der Waals surface area contributed by atoms with Crippen molar-refractivity contribution in [3.05, 3.63) is 77.1 Å². The summed E-state index contributed by atoms with van der Waals surface area (Å²) in [5, 5.41) is 32.8. The summed E-state index contributed by atoms with van der Waals surface area (Å²) in [4.78, 5) is 47.0. The van der Waals surface area contributed by atoms with Gasteiger partial charge in [0.25, 0.3) is 23.0 Å². The van der Waals surface area contributed by atoms with Crippen molar-refractivity contribution in [1.82, 2.24) is 4.57 Å². The maximum Gasteiger partial charge on any atom is 0.280 e. The van der Waals surface area contributed by atoms with Crippen molar-refractivity contribution in [2.75, 3.05) is 0 Å². The van der Waals surface area contributed by atoms with Gasteiger partial charge in [-0.3, -0.25) is 35.1 Å². The van der Waals surface area contributed by atoms with Crippen molar-refractivity contribution in [3.8, 4) is 0 Å². The number of carbonyl (C=O) groups is 1. The van der Waals surface area contributed by atoms with Crippen LogP contribution in [0.25, 0.3) is 10.2 Å². The van der Waals surface area contributed by atoms with Crippen LogP contribution in [-0.2, 0) is 7.05 Å². The maximum absolute atomic E-state index is 12.4. The van der Waals surface area contributed by atoms with E-state index in [-0.39, 0.29) is 16.1 Å². The molecule has 1 aromatic heterocycles. The summed E-state index contributed by atoms with van der Waals surface area (Å²) in [6, 6.07) is 6.70. The summed E-state index contributed by atoms with van der Waals surface area (Å²) in [5.41, 5.74) is -1.06. The molecule has 0 aliphatic heterocycles. The van der Waals surface area contributed by atoms with E-state index in [1.165, 1.54) is 22.8 Å². The number of nitrogens with zero attached hydrogens (tertiary/aromatic N) is 5. The van der Waals surface area contributed by atoms with Crippen LogP contribution in [0.3, 0.4) is 0 Å². The predicted octanol–water partition coefficient (Wildman–Crippen LogP) is 2.71. The zero-order valence-electron chi connectivity index (χ0n) is 14.0. The number of thiazole rings is 1. The molecule has 1 heterocycles. The average molecular weight is 403 g/mol. The Hall–Kier alpha value is -4.00. The number of nitro benzene ring substituents is 3. The van der Waals surface area contributed by atoms with Crippen molar-refractivity contribution in [2.24, 2.45) is 12.0 Å². The van der Waals surface area contributed by atoms with E-state index in [9.17, 15) is 35.1 Å². The molecule has 13 heteroatoms. The lowest BCUT2D eigenvalue weighted by Gasteiger charge is -1.98. The third-order valence-electron chi connectivity index (χ3n) is 3.77. The monoisotopic (exact) mass is 403 g/mol. The molecule has 0 aliphatic carbocycles. The molecule has 0 saturated heterocycles. The van der Waals surface area contributed by atoms with E-state index in [4.69, 9.17) is 0 Å². The predicted molar refractivity (Wildman–Crippen MR) is 97.1 cm³/mol. The second-order valence-electron chi connectivity index (χ2n) is 5.52. The van der Waals surface area contributed by atoms with Crippen LogP contribution in [0, 0.1) is 30.3 Å². The molecule has 0 fully saturated rings. The Morgan fingerprint density at radius 1 is 0.929 bits per heavy atom. The van der Waals surface area contributed by atoms with Crippen LogP contribution < -0.4 is 4.80 Å². The highest BCUT2D eigenvalue weighted by Gasteiger charge is 2.20. The van der Waals surface area contributed by atoms with Crippen molar-refractivity contribution in [2.45, 2.75) is 0 Å². The lowest BCUT2D eigenvalue weighted by molar-refractivity contribution is -0.394. The smallest absolute Gasteiger partial charge is 0.280 e. The van der Waals surface area contributed by atoms with Gasteiger partial charge in [0.05, 0.1) is 36.6 Å². The van der Waals surface area contributed by atoms with Gasteiger partial charge in [0, 0.05) is 31.3 Å². The van der Waals surface area contributed by atoms with Crippen LogP contribution in [0.5, 0.6) is 0 Å². The summed E-state index contributed by atoms with van der Waals surface area (Å²) in [7, 11) is 1.59. The highest BCUT2D eigenvalue weighted by atomic mass is 32.1. The van der Waals surface area contributed by atoms with E-state index in [0.29, 0.717) is 10.2 Å². The van der Waals surface area contributed by atoms with Gasteiger partial charge in [0.2, 0.25) is 0 Å². The first-order valence-corrected chi connectivity index (χ1v) is 8.26. The SMILES string of the molecule is Cn1c(=NC(=O)c2cc([N+](=O)[O-])cc([N+](=O)[O-])c2)sc2cc([N+](=O)[O-])ccc21. The first-order chi connectivity index (χ1) is 13.2. The minimum atomic E-state index is -0.913. The van der Waals surface area contributed by atoms with E-state index in [1.54, 1.807) is 7.05 Å². The lowest BCUT2D eigenvalue weighted by Crippen LogP contribution is -2.13. The molecule has 12 nitrogen and oxygen atoms in total. The van der Waals surface area contributed by atoms with E-state index < -0.39 is 32.1 Å². The number of carbonyl (C=O) groups excluding carboxylic acids is 1. The quantitative estimate of drug-likeness (QED) is 0.477. The molecule has 28 heavy (non-hydrogen) atoms. The van der Waals surface area contributed by atoms with Crippen molar-refractivity contribution in [3.63, 3.8) is 0 Å². The number of fused-ring (bicyclic) bond motifs is 1. The third kappa shape index (κ3) is 3.45. The molecule has 1 amide bonds. The van der Waals surface area contributed by atoms with Crippen molar-refractivity contribution >= 4 is 44.5 Å². The Bertz CT molecular complexity index is 1210. The van der Waals surface area contributed by atoms with Crippen molar-refractivity contribution < 1.29 is 19.6 Å². The molecule has 0 spiro atoms. The molecule has 0 radical (unpaired) electrons. The third-order valence-corrected chi connectivity index (χ3v) is 4.87. The van der Waals surface area contributed by atoms with Gasteiger partial charge < -0.3 is 4.57 Å². The average Bonchev–Trinajstić information content (AvgIpc) is 2.96. The standard InChI is InChI=1S/C15H9N5O7S/c1-17-12-3-2-9(18(22)23)7-13(12)28-15(17)16-14(21)8-4-10(19(24)25)6-11(5-8)20(26)27/h2-7H,1H3. The fourth-order valence-corrected chi connectivity index (χ4v) is 3.47. The lowest BCUT2D eigenvalue weighted by atomic mass is 10.1. The molecule has 0 atom stereocenters. The van der Waals surface area contributed by atoms with Crippen LogP contribution in [0.4, 0.5) is 17.1 Å². The molecule has 0 saturated carbocycles. The Morgan fingerprint density at radius 3 is 2.04 bits per heavy atom. The highest BCUT2D eigenvalue weighted by molar-refractivity contribution is 7.16. The minimum absolute atomic E-state index is 0.124. The first-order valence-electron chi connectivity index (χ1n) is 7.44. The molecule has 142 valence electrons. The number of hydrogen-bond donors (Lipinski definition) is 0. The number of rotatable bonds is 4. The number of nitro groups is 3. The highest BCUT2D eigenvalue weighted by Crippen LogP contribution is 2.24. The molecule has 2 aromatic carbocycles. The van der Waals surface area contributed by atoms with Gasteiger partial charge in [-0.05, 0) is 6.07 Å². The topological polar surface area (TPSA) is 164 Å². The molecule has 0 N–H and O–H groups in total. The summed E-state index contributed by atoms with van der Waals surface area (Å²) in [6.07, 6.45) is 0. The van der Waals surface area contributed by atoms with Crippen LogP contribution in [0.2, 0.25) is 0 Å². The van der Waals surface area contributed by atoms with Gasteiger partial charge in [-0.25, -0.2) is 0 Å². The summed E-state index contributed by atoms with van der Waals surface area (Å²) >= 11 is 1.00. The Kier molecular flexibility index (Phi) is 4.67. The molecular weight excluding hydrogens is 394 g/mol. The van der Waals surface area contributed by atoms with Crippen LogP contribution in [0.1, 0.15) is 10.4 Å². The largest absolute Gasteiger partial charge is 0.319 e. The van der Waals surface area contributed by atoms with Crippen LogP contribution >= 0.6 is 11.3 Å². The summed E-state index contributed by atoms with van der Waals surface area (Å²) < 4.78 is 2.03. The summed E-state index contributed by atoms with van der Waals surface area (Å²) in [5.74, 6) is -0.913. The van der Waals surface area contributed by atoms with Gasteiger partial charge in [-0.1, -0.05) is 11.3 Å². The van der Waals surface area contributed by atoms with E-state index in [2.05, 4.69) is 4.99 Å². The fourth-order valence-electron chi connectivity index (χ4n) is 2.42. The van der Waals surface area contributed by atoms with E-state index in [0.717, 1.165) is 29.5 Å². The number of amides is 1.